The lowest BCUT2D eigenvalue weighted by atomic mass is 10.1. The molecule has 0 unspecified atom stereocenters. The molecule has 25 heavy (non-hydrogen) atoms. The van der Waals surface area contributed by atoms with Crippen LogP contribution in [0.5, 0.6) is 0 Å². The number of aromatic nitrogens is 2. The van der Waals surface area contributed by atoms with Crippen molar-refractivity contribution in [3.63, 3.8) is 0 Å². The fourth-order valence-corrected chi connectivity index (χ4v) is 2.48. The molecule has 2 rings (SSSR count). The smallest absolute Gasteiger partial charge is 0.224 e. The third kappa shape index (κ3) is 7.20. The van der Waals surface area contributed by atoms with Crippen molar-refractivity contribution >= 4 is 17.7 Å². The number of nitrogens with zero attached hydrogens (tertiary/aromatic N) is 2. The van der Waals surface area contributed by atoms with Gasteiger partial charge in [-0.05, 0) is 32.3 Å². The SMILES string of the molecule is CCNc1cc(C)nc(NCCNC(=O)CCCc2ccccc2)n1. The second-order valence-corrected chi connectivity index (χ2v) is 5.86. The van der Waals surface area contributed by atoms with Gasteiger partial charge >= 0.3 is 0 Å². The summed E-state index contributed by atoms with van der Waals surface area (Å²) < 4.78 is 0. The van der Waals surface area contributed by atoms with Gasteiger partial charge in [0.05, 0.1) is 0 Å². The van der Waals surface area contributed by atoms with E-state index in [2.05, 4.69) is 38.1 Å². The molecule has 2 aromatic rings. The van der Waals surface area contributed by atoms with Gasteiger partial charge in [0, 0.05) is 37.8 Å². The highest BCUT2D eigenvalue weighted by Crippen LogP contribution is 2.09. The summed E-state index contributed by atoms with van der Waals surface area (Å²) in [6.45, 7) is 5.92. The van der Waals surface area contributed by atoms with Crippen molar-refractivity contribution in [2.24, 2.45) is 0 Å². The third-order valence-electron chi connectivity index (χ3n) is 3.65. The highest BCUT2D eigenvalue weighted by atomic mass is 16.1. The number of carbonyl (C=O) groups is 1. The van der Waals surface area contributed by atoms with Gasteiger partial charge < -0.3 is 16.0 Å². The number of anilines is 2. The summed E-state index contributed by atoms with van der Waals surface area (Å²) in [5, 5.41) is 9.24. The van der Waals surface area contributed by atoms with Crippen LogP contribution >= 0.6 is 0 Å². The highest BCUT2D eigenvalue weighted by Gasteiger charge is 2.03. The largest absolute Gasteiger partial charge is 0.370 e. The summed E-state index contributed by atoms with van der Waals surface area (Å²) >= 11 is 0. The Morgan fingerprint density at radius 1 is 1.08 bits per heavy atom. The van der Waals surface area contributed by atoms with Crippen molar-refractivity contribution in [3.05, 3.63) is 47.7 Å². The van der Waals surface area contributed by atoms with Crippen LogP contribution in [0, 0.1) is 6.92 Å². The number of amides is 1. The molecule has 134 valence electrons. The van der Waals surface area contributed by atoms with E-state index in [0.29, 0.717) is 25.5 Å². The number of nitrogens with one attached hydrogen (secondary N) is 3. The lowest BCUT2D eigenvalue weighted by Gasteiger charge is -2.09. The molecule has 0 aliphatic heterocycles. The molecule has 0 radical (unpaired) electrons. The highest BCUT2D eigenvalue weighted by molar-refractivity contribution is 5.75. The van der Waals surface area contributed by atoms with Gasteiger partial charge in [-0.3, -0.25) is 4.79 Å². The maximum atomic E-state index is 11.9. The van der Waals surface area contributed by atoms with E-state index < -0.39 is 0 Å². The van der Waals surface area contributed by atoms with Crippen molar-refractivity contribution < 1.29 is 4.79 Å². The van der Waals surface area contributed by atoms with E-state index in [0.717, 1.165) is 30.9 Å². The number of benzene rings is 1. The Bertz CT molecular complexity index is 660. The minimum Gasteiger partial charge on any atom is -0.370 e. The summed E-state index contributed by atoms with van der Waals surface area (Å²) in [5.74, 6) is 1.47. The second-order valence-electron chi connectivity index (χ2n) is 5.86. The first-order chi connectivity index (χ1) is 12.2. The van der Waals surface area contributed by atoms with Crippen molar-refractivity contribution in [1.82, 2.24) is 15.3 Å². The fraction of sp³-hybridized carbons (Fsp3) is 0.421. The molecule has 0 atom stereocenters. The number of hydrogen-bond donors (Lipinski definition) is 3. The Morgan fingerprint density at radius 3 is 2.64 bits per heavy atom. The number of hydrogen-bond acceptors (Lipinski definition) is 5. The van der Waals surface area contributed by atoms with Gasteiger partial charge in [-0.25, -0.2) is 4.98 Å². The van der Waals surface area contributed by atoms with Gasteiger partial charge in [-0.15, -0.1) is 0 Å². The van der Waals surface area contributed by atoms with E-state index in [-0.39, 0.29) is 5.91 Å². The first-order valence-electron chi connectivity index (χ1n) is 8.81. The normalized spacial score (nSPS) is 10.3. The molecule has 0 bridgehead atoms. The van der Waals surface area contributed by atoms with Gasteiger partial charge in [0.1, 0.15) is 5.82 Å². The van der Waals surface area contributed by atoms with E-state index >= 15 is 0 Å². The van der Waals surface area contributed by atoms with Crippen LogP contribution in [0.25, 0.3) is 0 Å². The van der Waals surface area contributed by atoms with Crippen molar-refractivity contribution in [2.45, 2.75) is 33.1 Å². The Hall–Kier alpha value is -2.63. The number of rotatable bonds is 10. The zero-order chi connectivity index (χ0) is 17.9. The Morgan fingerprint density at radius 2 is 1.88 bits per heavy atom. The summed E-state index contributed by atoms with van der Waals surface area (Å²) in [7, 11) is 0. The van der Waals surface area contributed by atoms with Crippen LogP contribution in [-0.2, 0) is 11.2 Å². The molecular formula is C19H27N5O. The first-order valence-corrected chi connectivity index (χ1v) is 8.81. The van der Waals surface area contributed by atoms with Gasteiger partial charge in [0.15, 0.2) is 0 Å². The molecule has 6 heteroatoms. The van der Waals surface area contributed by atoms with Crippen LogP contribution in [0.2, 0.25) is 0 Å². The summed E-state index contributed by atoms with van der Waals surface area (Å²) in [6, 6.07) is 12.1. The van der Waals surface area contributed by atoms with E-state index in [1.165, 1.54) is 5.56 Å². The topological polar surface area (TPSA) is 78.9 Å². The van der Waals surface area contributed by atoms with Crippen LogP contribution in [-0.4, -0.2) is 35.5 Å². The molecule has 0 spiro atoms. The standard InChI is InChI=1S/C19H27N5O/c1-3-20-17-14-15(2)23-19(24-17)22-13-12-21-18(25)11-7-10-16-8-5-4-6-9-16/h4-6,8-9,14H,3,7,10-13H2,1-2H3,(H,21,25)(H2,20,22,23,24). The molecule has 3 N–H and O–H groups in total. The van der Waals surface area contributed by atoms with Gasteiger partial charge in [0.2, 0.25) is 11.9 Å². The Kier molecular flexibility index (Phi) is 7.69. The molecule has 0 saturated heterocycles. The maximum Gasteiger partial charge on any atom is 0.224 e. The molecule has 6 nitrogen and oxygen atoms in total. The minimum absolute atomic E-state index is 0.0798. The average molecular weight is 341 g/mol. The number of carbonyl (C=O) groups excluding carboxylic acids is 1. The predicted octanol–water partition coefficient (Wildman–Crippen LogP) is 2.77. The first kappa shape index (κ1) is 18.7. The quantitative estimate of drug-likeness (QED) is 0.579. The average Bonchev–Trinajstić information content (AvgIpc) is 2.59. The monoisotopic (exact) mass is 341 g/mol. The molecular weight excluding hydrogens is 314 g/mol. The fourth-order valence-electron chi connectivity index (χ4n) is 2.48. The summed E-state index contributed by atoms with van der Waals surface area (Å²) in [4.78, 5) is 20.6. The molecule has 0 aliphatic rings. The molecule has 0 saturated carbocycles. The zero-order valence-electron chi connectivity index (χ0n) is 15.0. The van der Waals surface area contributed by atoms with E-state index in [9.17, 15) is 4.79 Å². The van der Waals surface area contributed by atoms with Gasteiger partial charge in [-0.2, -0.15) is 4.98 Å². The molecule has 1 amide bonds. The van der Waals surface area contributed by atoms with E-state index in [1.807, 2.05) is 38.1 Å². The molecule has 1 aromatic heterocycles. The van der Waals surface area contributed by atoms with Crippen LogP contribution < -0.4 is 16.0 Å². The van der Waals surface area contributed by atoms with E-state index in [1.54, 1.807) is 0 Å². The second kappa shape index (κ2) is 10.3. The minimum atomic E-state index is 0.0798. The van der Waals surface area contributed by atoms with Crippen LogP contribution in [0.3, 0.4) is 0 Å². The molecule has 1 heterocycles. The van der Waals surface area contributed by atoms with Crippen LogP contribution in [0.1, 0.15) is 31.0 Å². The lowest BCUT2D eigenvalue weighted by Crippen LogP contribution is -2.29. The van der Waals surface area contributed by atoms with E-state index in [4.69, 9.17) is 0 Å². The molecule has 0 aliphatic carbocycles. The molecule has 0 fully saturated rings. The van der Waals surface area contributed by atoms with Gasteiger partial charge in [-0.1, -0.05) is 30.3 Å². The van der Waals surface area contributed by atoms with Crippen molar-refractivity contribution in [1.29, 1.82) is 0 Å². The lowest BCUT2D eigenvalue weighted by molar-refractivity contribution is -0.121. The van der Waals surface area contributed by atoms with Gasteiger partial charge in [0.25, 0.3) is 0 Å². The Labute approximate surface area is 149 Å². The maximum absolute atomic E-state index is 11.9. The summed E-state index contributed by atoms with van der Waals surface area (Å²) in [6.07, 6.45) is 2.33. The van der Waals surface area contributed by atoms with Crippen molar-refractivity contribution in [3.8, 4) is 0 Å². The van der Waals surface area contributed by atoms with Crippen LogP contribution in [0.15, 0.2) is 36.4 Å². The third-order valence-corrected chi connectivity index (χ3v) is 3.65. The summed E-state index contributed by atoms with van der Waals surface area (Å²) in [5.41, 5.74) is 2.17. The van der Waals surface area contributed by atoms with Crippen LogP contribution in [0.4, 0.5) is 11.8 Å². The zero-order valence-corrected chi connectivity index (χ0v) is 15.0. The van der Waals surface area contributed by atoms with Crippen molar-refractivity contribution in [2.75, 3.05) is 30.3 Å². The number of aryl methyl sites for hydroxylation is 2. The Balaban J connectivity index is 1.63. The molecule has 1 aromatic carbocycles. The predicted molar refractivity (Wildman–Crippen MR) is 102 cm³/mol.